The van der Waals surface area contributed by atoms with E-state index in [4.69, 9.17) is 5.73 Å². The van der Waals surface area contributed by atoms with E-state index in [0.717, 1.165) is 0 Å². The lowest BCUT2D eigenvalue weighted by Crippen LogP contribution is -2.36. The molecule has 1 rings (SSSR count). The quantitative estimate of drug-likeness (QED) is 0.767. The Morgan fingerprint density at radius 3 is 2.62 bits per heavy atom. The van der Waals surface area contributed by atoms with Gasteiger partial charge in [-0.2, -0.15) is 0 Å². The molecule has 0 aliphatic carbocycles. The second-order valence-electron chi connectivity index (χ2n) is 3.82. The van der Waals surface area contributed by atoms with Crippen molar-refractivity contribution in [1.82, 2.24) is 14.9 Å². The number of aromatic nitrogens is 2. The van der Waals surface area contributed by atoms with Crippen LogP contribution < -0.4 is 11.1 Å². The van der Waals surface area contributed by atoms with Crippen LogP contribution in [0.4, 0.5) is 11.6 Å². The first-order valence-corrected chi connectivity index (χ1v) is 4.99. The Kier molecular flexibility index (Phi) is 3.65. The molecule has 1 atom stereocenters. The molecule has 0 aliphatic rings. The average Bonchev–Trinajstić information content (AvgIpc) is 2.14. The van der Waals surface area contributed by atoms with Gasteiger partial charge in [-0.15, -0.1) is 0 Å². The maximum absolute atomic E-state index is 11.6. The minimum Gasteiger partial charge on any atom is -0.384 e. The number of anilines is 2. The number of nitrogens with one attached hydrogen (secondary N) is 1. The predicted octanol–water partition coefficient (Wildman–Crippen LogP) is 0.256. The van der Waals surface area contributed by atoms with Gasteiger partial charge in [0.25, 0.3) is 0 Å². The lowest BCUT2D eigenvalue weighted by Gasteiger charge is -2.18. The number of rotatable bonds is 3. The van der Waals surface area contributed by atoms with Crippen LogP contribution in [0.2, 0.25) is 0 Å². The van der Waals surface area contributed by atoms with Gasteiger partial charge in [0, 0.05) is 20.2 Å². The molecule has 0 saturated carbocycles. The molecule has 0 aromatic carbocycles. The normalized spacial score (nSPS) is 12.0. The molecule has 1 aromatic rings. The third kappa shape index (κ3) is 3.08. The van der Waals surface area contributed by atoms with Crippen molar-refractivity contribution < 1.29 is 4.79 Å². The molecule has 0 saturated heterocycles. The van der Waals surface area contributed by atoms with Gasteiger partial charge in [-0.25, -0.2) is 9.97 Å². The Morgan fingerprint density at radius 1 is 1.50 bits per heavy atom. The first-order valence-electron chi connectivity index (χ1n) is 4.99. The number of amides is 1. The SMILES string of the molecule is Cc1nc(N)cc(NC(C)C(=O)N(C)C)n1. The fraction of sp³-hybridized carbons (Fsp3) is 0.500. The number of likely N-dealkylation sites (N-methyl/N-ethyl adjacent to an activating group) is 1. The van der Waals surface area contributed by atoms with Gasteiger partial charge in [0.05, 0.1) is 0 Å². The van der Waals surface area contributed by atoms with Crippen molar-refractivity contribution in [2.45, 2.75) is 19.9 Å². The van der Waals surface area contributed by atoms with Crippen LogP contribution >= 0.6 is 0 Å². The summed E-state index contributed by atoms with van der Waals surface area (Å²) in [7, 11) is 3.42. The number of aryl methyl sites for hydroxylation is 1. The van der Waals surface area contributed by atoms with Gasteiger partial charge in [-0.1, -0.05) is 0 Å². The van der Waals surface area contributed by atoms with Crippen LogP contribution in [-0.4, -0.2) is 40.9 Å². The Balaban J connectivity index is 2.76. The smallest absolute Gasteiger partial charge is 0.244 e. The largest absolute Gasteiger partial charge is 0.384 e. The summed E-state index contributed by atoms with van der Waals surface area (Å²) in [6.07, 6.45) is 0. The van der Waals surface area contributed by atoms with E-state index in [1.165, 1.54) is 4.90 Å². The number of nitrogens with zero attached hydrogens (tertiary/aromatic N) is 3. The van der Waals surface area contributed by atoms with Crippen LogP contribution in [0, 0.1) is 6.92 Å². The van der Waals surface area contributed by atoms with Gasteiger partial charge in [-0.3, -0.25) is 4.79 Å². The molecule has 88 valence electrons. The first kappa shape index (κ1) is 12.2. The lowest BCUT2D eigenvalue weighted by molar-refractivity contribution is -0.129. The number of carbonyl (C=O) groups is 1. The van der Waals surface area contributed by atoms with Gasteiger partial charge in [0.1, 0.15) is 23.5 Å². The number of hydrogen-bond donors (Lipinski definition) is 2. The molecule has 0 radical (unpaired) electrons. The topological polar surface area (TPSA) is 84.1 Å². The van der Waals surface area contributed by atoms with Crippen molar-refractivity contribution in [2.24, 2.45) is 0 Å². The molecule has 1 unspecified atom stereocenters. The maximum atomic E-state index is 11.6. The number of nitrogens with two attached hydrogens (primary N) is 1. The third-order valence-electron chi connectivity index (χ3n) is 2.03. The van der Waals surface area contributed by atoms with Crippen molar-refractivity contribution in [2.75, 3.05) is 25.1 Å². The van der Waals surface area contributed by atoms with Crippen LogP contribution in [0.3, 0.4) is 0 Å². The number of nitrogen functional groups attached to an aromatic ring is 1. The van der Waals surface area contributed by atoms with Gasteiger partial charge >= 0.3 is 0 Å². The van der Waals surface area contributed by atoms with Crippen molar-refractivity contribution >= 4 is 17.5 Å². The van der Waals surface area contributed by atoms with Crippen molar-refractivity contribution in [3.8, 4) is 0 Å². The molecule has 6 nitrogen and oxygen atoms in total. The summed E-state index contributed by atoms with van der Waals surface area (Å²) in [5.41, 5.74) is 5.58. The molecule has 0 bridgehead atoms. The maximum Gasteiger partial charge on any atom is 0.244 e. The average molecular weight is 223 g/mol. The molecule has 0 aliphatic heterocycles. The zero-order valence-corrected chi connectivity index (χ0v) is 9.98. The monoisotopic (exact) mass is 223 g/mol. The number of hydrogen-bond acceptors (Lipinski definition) is 5. The molecule has 3 N–H and O–H groups in total. The Hall–Kier alpha value is -1.85. The van der Waals surface area contributed by atoms with E-state index in [1.54, 1.807) is 34.0 Å². The molecule has 0 spiro atoms. The summed E-state index contributed by atoms with van der Waals surface area (Å²) in [5.74, 6) is 1.51. The molecule has 16 heavy (non-hydrogen) atoms. The summed E-state index contributed by atoms with van der Waals surface area (Å²) in [4.78, 5) is 21.2. The zero-order chi connectivity index (χ0) is 12.3. The molecule has 6 heteroatoms. The second kappa shape index (κ2) is 4.78. The predicted molar refractivity (Wildman–Crippen MR) is 63.0 cm³/mol. The first-order chi connectivity index (χ1) is 7.40. The Bertz CT molecular complexity index is 371. The van der Waals surface area contributed by atoms with Crippen molar-refractivity contribution in [3.05, 3.63) is 11.9 Å². The molecule has 1 heterocycles. The van der Waals surface area contributed by atoms with E-state index in [1.807, 2.05) is 0 Å². The van der Waals surface area contributed by atoms with Crippen LogP contribution in [-0.2, 0) is 4.79 Å². The second-order valence-corrected chi connectivity index (χ2v) is 3.82. The Labute approximate surface area is 94.9 Å². The summed E-state index contributed by atoms with van der Waals surface area (Å²) in [5, 5.41) is 2.98. The van der Waals surface area contributed by atoms with E-state index in [9.17, 15) is 4.79 Å². The van der Waals surface area contributed by atoms with Crippen LogP contribution in [0.5, 0.6) is 0 Å². The fourth-order valence-corrected chi connectivity index (χ4v) is 1.34. The van der Waals surface area contributed by atoms with E-state index < -0.39 is 0 Å². The third-order valence-corrected chi connectivity index (χ3v) is 2.03. The van der Waals surface area contributed by atoms with E-state index >= 15 is 0 Å². The summed E-state index contributed by atoms with van der Waals surface area (Å²) in [6, 6.07) is 1.26. The molecule has 1 aromatic heterocycles. The van der Waals surface area contributed by atoms with E-state index in [2.05, 4.69) is 15.3 Å². The lowest BCUT2D eigenvalue weighted by atomic mass is 10.3. The highest BCUT2D eigenvalue weighted by Crippen LogP contribution is 2.09. The standard InChI is InChI=1S/C10H17N5O/c1-6(10(16)15(3)4)12-9-5-8(11)13-7(2)14-9/h5-6H,1-4H3,(H3,11,12,13,14). The zero-order valence-electron chi connectivity index (χ0n) is 9.98. The van der Waals surface area contributed by atoms with Crippen molar-refractivity contribution in [1.29, 1.82) is 0 Å². The highest BCUT2D eigenvalue weighted by molar-refractivity contribution is 5.83. The molecular formula is C10H17N5O. The van der Waals surface area contributed by atoms with E-state index in [0.29, 0.717) is 17.5 Å². The summed E-state index contributed by atoms with van der Waals surface area (Å²) < 4.78 is 0. The summed E-state index contributed by atoms with van der Waals surface area (Å²) in [6.45, 7) is 3.52. The van der Waals surface area contributed by atoms with Crippen LogP contribution in [0.15, 0.2) is 6.07 Å². The molecule has 0 fully saturated rings. The number of carbonyl (C=O) groups excluding carboxylic acids is 1. The van der Waals surface area contributed by atoms with Gasteiger partial charge < -0.3 is 16.0 Å². The van der Waals surface area contributed by atoms with Gasteiger partial charge in [-0.05, 0) is 13.8 Å². The van der Waals surface area contributed by atoms with Crippen LogP contribution in [0.1, 0.15) is 12.7 Å². The van der Waals surface area contributed by atoms with Crippen molar-refractivity contribution in [3.63, 3.8) is 0 Å². The van der Waals surface area contributed by atoms with E-state index in [-0.39, 0.29) is 11.9 Å². The minimum atomic E-state index is -0.344. The fourth-order valence-electron chi connectivity index (χ4n) is 1.34. The van der Waals surface area contributed by atoms with Gasteiger partial charge in [0.15, 0.2) is 0 Å². The summed E-state index contributed by atoms with van der Waals surface area (Å²) >= 11 is 0. The van der Waals surface area contributed by atoms with Gasteiger partial charge in [0.2, 0.25) is 5.91 Å². The Morgan fingerprint density at radius 2 is 2.12 bits per heavy atom. The highest BCUT2D eigenvalue weighted by Gasteiger charge is 2.15. The van der Waals surface area contributed by atoms with Crippen LogP contribution in [0.25, 0.3) is 0 Å². The minimum absolute atomic E-state index is 0.0187. The highest BCUT2D eigenvalue weighted by atomic mass is 16.2. The molecular weight excluding hydrogens is 206 g/mol. The molecule has 1 amide bonds.